The molecule has 1 aliphatic rings. The fourth-order valence-corrected chi connectivity index (χ4v) is 3.43. The van der Waals surface area contributed by atoms with Crippen molar-refractivity contribution < 1.29 is 19.3 Å². The van der Waals surface area contributed by atoms with E-state index in [1.54, 1.807) is 0 Å². The van der Waals surface area contributed by atoms with Crippen molar-refractivity contribution >= 4 is 0 Å². The highest BCUT2D eigenvalue weighted by Gasteiger charge is 2.29. The third-order valence-corrected chi connectivity index (χ3v) is 5.15. The van der Waals surface area contributed by atoms with E-state index in [2.05, 4.69) is 39.8 Å². The number of rotatable bonds is 11. The molecular weight excluding hydrogens is 340 g/mol. The standard InChI is InChI=1S/C23H36O4/c1-18(2)7-5-8-19(3)9-6-13-23(4)14-12-20-15-21(26-17-25-16-24)10-11-22(20)27-23/h6,10-11,13,15,18-19,24H,5,7-9,12,14,16-17H2,1-4H3/b13-6+. The van der Waals surface area contributed by atoms with Gasteiger partial charge in [-0.25, -0.2) is 0 Å². The van der Waals surface area contributed by atoms with Gasteiger partial charge in [0, 0.05) is 0 Å². The van der Waals surface area contributed by atoms with Gasteiger partial charge in [0.1, 0.15) is 23.9 Å². The molecule has 27 heavy (non-hydrogen) atoms. The second-order valence-corrected chi connectivity index (χ2v) is 8.35. The highest BCUT2D eigenvalue weighted by atomic mass is 16.7. The normalized spacial score (nSPS) is 20.5. The van der Waals surface area contributed by atoms with Crippen molar-refractivity contribution in [1.82, 2.24) is 0 Å². The summed E-state index contributed by atoms with van der Waals surface area (Å²) in [4.78, 5) is 0. The smallest absolute Gasteiger partial charge is 0.191 e. The Labute approximate surface area is 164 Å². The lowest BCUT2D eigenvalue weighted by Gasteiger charge is -2.33. The SMILES string of the molecule is CC(C)CCCC(C)C/C=C/C1(C)CCc2cc(OCOCO)ccc2O1. The fourth-order valence-electron chi connectivity index (χ4n) is 3.43. The number of allylic oxidation sites excluding steroid dienone is 1. The first-order chi connectivity index (χ1) is 12.9. The minimum absolute atomic E-state index is 0.0476. The van der Waals surface area contributed by atoms with Crippen molar-refractivity contribution in [3.63, 3.8) is 0 Å². The van der Waals surface area contributed by atoms with Gasteiger partial charge in [-0.2, -0.15) is 0 Å². The molecule has 0 saturated heterocycles. The molecule has 2 atom stereocenters. The summed E-state index contributed by atoms with van der Waals surface area (Å²) in [5.41, 5.74) is 0.914. The van der Waals surface area contributed by atoms with Crippen molar-refractivity contribution in [3.8, 4) is 11.5 Å². The fraction of sp³-hybridized carbons (Fsp3) is 0.652. The van der Waals surface area contributed by atoms with E-state index in [1.165, 1.54) is 19.3 Å². The van der Waals surface area contributed by atoms with Crippen LogP contribution in [0.25, 0.3) is 0 Å². The van der Waals surface area contributed by atoms with Gasteiger partial charge in [-0.15, -0.1) is 0 Å². The van der Waals surface area contributed by atoms with Gasteiger partial charge >= 0.3 is 0 Å². The van der Waals surface area contributed by atoms with E-state index in [4.69, 9.17) is 19.3 Å². The minimum Gasteiger partial charge on any atom is -0.483 e. The van der Waals surface area contributed by atoms with E-state index in [0.29, 0.717) is 0 Å². The number of aliphatic hydroxyl groups is 1. The zero-order chi connectivity index (χ0) is 19.7. The lowest BCUT2D eigenvalue weighted by Crippen LogP contribution is -2.34. The molecule has 0 aromatic heterocycles. The van der Waals surface area contributed by atoms with Gasteiger partial charge in [0.15, 0.2) is 6.79 Å². The van der Waals surface area contributed by atoms with Gasteiger partial charge in [-0.1, -0.05) is 46.1 Å². The van der Waals surface area contributed by atoms with Crippen LogP contribution in [0.4, 0.5) is 0 Å². The highest BCUT2D eigenvalue weighted by molar-refractivity contribution is 5.42. The molecule has 0 aliphatic carbocycles. The maximum Gasteiger partial charge on any atom is 0.191 e. The second kappa shape index (κ2) is 10.7. The molecule has 0 amide bonds. The molecule has 4 heteroatoms. The van der Waals surface area contributed by atoms with Crippen molar-refractivity contribution in [3.05, 3.63) is 35.9 Å². The van der Waals surface area contributed by atoms with Gasteiger partial charge in [0.05, 0.1) is 0 Å². The number of hydrogen-bond acceptors (Lipinski definition) is 4. The van der Waals surface area contributed by atoms with Crippen LogP contribution in [0.2, 0.25) is 0 Å². The Morgan fingerprint density at radius 1 is 1.26 bits per heavy atom. The number of aryl methyl sites for hydroxylation is 1. The third kappa shape index (κ3) is 7.55. The zero-order valence-electron chi connectivity index (χ0n) is 17.4. The van der Waals surface area contributed by atoms with Crippen LogP contribution in [-0.4, -0.2) is 24.3 Å². The predicted molar refractivity (Wildman–Crippen MR) is 109 cm³/mol. The summed E-state index contributed by atoms with van der Waals surface area (Å²) in [5.74, 6) is 3.18. The van der Waals surface area contributed by atoms with Crippen LogP contribution in [-0.2, 0) is 11.2 Å². The largest absolute Gasteiger partial charge is 0.483 e. The van der Waals surface area contributed by atoms with E-state index in [9.17, 15) is 0 Å². The Hall–Kier alpha value is -1.52. The molecule has 2 unspecified atom stereocenters. The van der Waals surface area contributed by atoms with Crippen LogP contribution in [0.3, 0.4) is 0 Å². The average Bonchev–Trinajstić information content (AvgIpc) is 2.61. The Bertz CT molecular complexity index is 596. The zero-order valence-corrected chi connectivity index (χ0v) is 17.4. The van der Waals surface area contributed by atoms with Crippen molar-refractivity contribution in [1.29, 1.82) is 0 Å². The maximum absolute atomic E-state index is 8.63. The Kier molecular flexibility index (Phi) is 8.65. The number of benzene rings is 1. The van der Waals surface area contributed by atoms with Gasteiger partial charge < -0.3 is 19.3 Å². The monoisotopic (exact) mass is 376 g/mol. The number of ether oxygens (including phenoxy) is 3. The first kappa shape index (κ1) is 21.8. The molecule has 0 fully saturated rings. The topological polar surface area (TPSA) is 47.9 Å². The van der Waals surface area contributed by atoms with Crippen LogP contribution in [0.1, 0.15) is 65.4 Å². The first-order valence-electron chi connectivity index (χ1n) is 10.2. The Balaban J connectivity index is 1.84. The third-order valence-electron chi connectivity index (χ3n) is 5.15. The summed E-state index contributed by atoms with van der Waals surface area (Å²) in [7, 11) is 0. The van der Waals surface area contributed by atoms with E-state index in [0.717, 1.165) is 48.2 Å². The molecule has 1 aromatic rings. The predicted octanol–water partition coefficient (Wildman–Crippen LogP) is 5.48. The van der Waals surface area contributed by atoms with Gasteiger partial charge in [0.25, 0.3) is 0 Å². The highest BCUT2D eigenvalue weighted by Crippen LogP contribution is 2.36. The molecule has 1 aliphatic heterocycles. The number of aliphatic hydroxyl groups excluding tert-OH is 1. The summed E-state index contributed by atoms with van der Waals surface area (Å²) in [6.45, 7) is 8.80. The average molecular weight is 377 g/mol. The molecule has 0 spiro atoms. The Morgan fingerprint density at radius 3 is 2.81 bits per heavy atom. The van der Waals surface area contributed by atoms with Crippen LogP contribution < -0.4 is 9.47 Å². The van der Waals surface area contributed by atoms with E-state index < -0.39 is 0 Å². The molecule has 0 radical (unpaired) electrons. The van der Waals surface area contributed by atoms with Crippen molar-refractivity contribution in [2.45, 2.75) is 71.8 Å². The summed E-state index contributed by atoms with van der Waals surface area (Å²) >= 11 is 0. The molecule has 1 heterocycles. The van der Waals surface area contributed by atoms with Crippen LogP contribution in [0, 0.1) is 11.8 Å². The summed E-state index contributed by atoms with van der Waals surface area (Å²) in [6.07, 6.45) is 11.5. The van der Waals surface area contributed by atoms with Gasteiger partial charge in [-0.05, 0) is 67.9 Å². The summed E-state index contributed by atoms with van der Waals surface area (Å²) < 4.78 is 16.5. The van der Waals surface area contributed by atoms with Crippen molar-refractivity contribution in [2.24, 2.45) is 11.8 Å². The molecule has 1 aromatic carbocycles. The molecular formula is C23H36O4. The van der Waals surface area contributed by atoms with Crippen LogP contribution >= 0.6 is 0 Å². The molecule has 1 N–H and O–H groups in total. The quantitative estimate of drug-likeness (QED) is 0.315. The second-order valence-electron chi connectivity index (χ2n) is 8.35. The van der Waals surface area contributed by atoms with Gasteiger partial charge in [-0.3, -0.25) is 0 Å². The summed E-state index contributed by atoms with van der Waals surface area (Å²) in [6, 6.07) is 5.84. The van der Waals surface area contributed by atoms with E-state index in [-0.39, 0.29) is 19.2 Å². The molecule has 0 bridgehead atoms. The lowest BCUT2D eigenvalue weighted by molar-refractivity contribution is -0.0654. The molecule has 152 valence electrons. The van der Waals surface area contributed by atoms with Crippen LogP contribution in [0.5, 0.6) is 11.5 Å². The number of fused-ring (bicyclic) bond motifs is 1. The Morgan fingerprint density at radius 2 is 2.07 bits per heavy atom. The molecule has 2 rings (SSSR count). The van der Waals surface area contributed by atoms with Gasteiger partial charge in [0.2, 0.25) is 0 Å². The van der Waals surface area contributed by atoms with Crippen LogP contribution in [0.15, 0.2) is 30.4 Å². The van der Waals surface area contributed by atoms with E-state index in [1.807, 2.05) is 18.2 Å². The number of hydrogen-bond donors (Lipinski definition) is 1. The lowest BCUT2D eigenvalue weighted by atomic mass is 9.91. The maximum atomic E-state index is 8.63. The van der Waals surface area contributed by atoms with E-state index >= 15 is 0 Å². The summed E-state index contributed by atoms with van der Waals surface area (Å²) in [5, 5.41) is 8.63. The first-order valence-corrected chi connectivity index (χ1v) is 10.2. The molecule has 0 saturated carbocycles. The van der Waals surface area contributed by atoms with Crippen molar-refractivity contribution in [2.75, 3.05) is 13.6 Å². The molecule has 4 nitrogen and oxygen atoms in total. The minimum atomic E-state index is -0.338.